The maximum absolute atomic E-state index is 11.0. The Hall–Kier alpha value is -2.55. The van der Waals surface area contributed by atoms with Gasteiger partial charge >= 0.3 is 0 Å². The fourth-order valence-electron chi connectivity index (χ4n) is 3.74. The van der Waals surface area contributed by atoms with Crippen LogP contribution in [0.15, 0.2) is 18.2 Å². The summed E-state index contributed by atoms with van der Waals surface area (Å²) in [5.41, 5.74) is 0.469. The van der Waals surface area contributed by atoms with E-state index in [1.165, 1.54) is 25.0 Å². The van der Waals surface area contributed by atoms with Gasteiger partial charge in [-0.25, -0.2) is 0 Å². The lowest BCUT2D eigenvalue weighted by atomic mass is 10.1. The number of benzene rings is 1. The van der Waals surface area contributed by atoms with Gasteiger partial charge in [0.25, 0.3) is 5.69 Å². The molecule has 202 valence electrons. The maximum Gasteiger partial charge on any atom is 0.288 e. The number of nitrogens with zero attached hydrogens (tertiary/aromatic N) is 6. The van der Waals surface area contributed by atoms with Crippen molar-refractivity contribution in [2.45, 2.75) is 38.5 Å². The largest absolute Gasteiger partial charge is 0.344 e. The molecule has 2 aromatic rings. The molecule has 0 unspecified atom stereocenters. The number of piperidine rings is 2. The second-order valence-electron chi connectivity index (χ2n) is 7.40. The van der Waals surface area contributed by atoms with Crippen LogP contribution in [0.5, 0.6) is 0 Å². The predicted molar refractivity (Wildman–Crippen MR) is 149 cm³/mol. The SMILES string of the molecule is Cl.N.N.N.N.O=[N+]([O-])c1ccc(Nc2nc(N3CCCCC3)nc(N3CCCCC3)n2)cc1Cl.[HH].[HH].[HH].[HH]. The quantitative estimate of drug-likeness (QED) is 0.214. The van der Waals surface area contributed by atoms with Gasteiger partial charge in [-0.3, -0.25) is 10.1 Å². The van der Waals surface area contributed by atoms with Gasteiger partial charge in [0.1, 0.15) is 5.02 Å². The third-order valence-corrected chi connectivity index (χ3v) is 5.59. The van der Waals surface area contributed by atoms with Gasteiger partial charge in [0.15, 0.2) is 0 Å². The van der Waals surface area contributed by atoms with E-state index in [9.17, 15) is 10.1 Å². The first-order chi connectivity index (χ1) is 14.1. The fourth-order valence-corrected chi connectivity index (χ4v) is 3.99. The minimum atomic E-state index is -0.502. The van der Waals surface area contributed by atoms with Crippen LogP contribution in [0.2, 0.25) is 5.02 Å². The first-order valence-electron chi connectivity index (χ1n) is 10.1. The number of hydrogen-bond donors (Lipinski definition) is 5. The molecule has 0 amide bonds. The molecule has 1 aromatic heterocycles. The fraction of sp³-hybridized carbons (Fsp3) is 0.526. The zero-order valence-corrected chi connectivity index (χ0v) is 21.0. The number of halogens is 2. The van der Waals surface area contributed by atoms with Crippen LogP contribution in [-0.4, -0.2) is 46.1 Å². The highest BCUT2D eigenvalue weighted by Gasteiger charge is 2.21. The molecule has 13 nitrogen and oxygen atoms in total. The summed E-state index contributed by atoms with van der Waals surface area (Å²) in [5.74, 6) is 1.78. The first-order valence-corrected chi connectivity index (χ1v) is 10.4. The van der Waals surface area contributed by atoms with E-state index in [1.54, 1.807) is 6.07 Å². The molecule has 1 aromatic carbocycles. The van der Waals surface area contributed by atoms with Gasteiger partial charge in [-0.1, -0.05) is 11.6 Å². The van der Waals surface area contributed by atoms with Crippen molar-refractivity contribution in [1.82, 2.24) is 39.6 Å². The molecule has 4 rings (SSSR count). The molecule has 2 aliphatic heterocycles. The maximum atomic E-state index is 11.0. The van der Waals surface area contributed by atoms with E-state index in [1.807, 2.05) is 0 Å². The molecule has 0 spiro atoms. The second-order valence-corrected chi connectivity index (χ2v) is 7.81. The van der Waals surface area contributed by atoms with Gasteiger partial charge in [0.2, 0.25) is 17.8 Å². The van der Waals surface area contributed by atoms with E-state index in [0.29, 0.717) is 23.5 Å². The zero-order valence-electron chi connectivity index (χ0n) is 19.4. The summed E-state index contributed by atoms with van der Waals surface area (Å²) in [6.07, 6.45) is 6.98. The Morgan fingerprint density at radius 1 is 0.853 bits per heavy atom. The van der Waals surface area contributed by atoms with Crippen LogP contribution in [0.25, 0.3) is 0 Å². The van der Waals surface area contributed by atoms with Crippen LogP contribution in [0.3, 0.4) is 0 Å². The molecule has 0 saturated carbocycles. The van der Waals surface area contributed by atoms with Crippen molar-refractivity contribution >= 4 is 53.2 Å². The summed E-state index contributed by atoms with van der Waals surface area (Å²) in [6.45, 7) is 3.75. The van der Waals surface area contributed by atoms with E-state index in [-0.39, 0.29) is 53.4 Å². The molecule has 2 fully saturated rings. The van der Waals surface area contributed by atoms with Crippen molar-refractivity contribution in [2.75, 3.05) is 41.3 Å². The van der Waals surface area contributed by atoms with Gasteiger partial charge in [-0.15, -0.1) is 12.4 Å². The predicted octanol–water partition coefficient (Wildman–Crippen LogP) is 6.21. The Morgan fingerprint density at radius 2 is 1.32 bits per heavy atom. The molecule has 3 heterocycles. The molecule has 0 bridgehead atoms. The van der Waals surface area contributed by atoms with Gasteiger partial charge in [-0.05, 0) is 50.7 Å². The first kappa shape index (κ1) is 33.6. The molecule has 0 aliphatic carbocycles. The summed E-state index contributed by atoms with van der Waals surface area (Å²) in [5, 5.41) is 14.2. The minimum Gasteiger partial charge on any atom is -0.344 e. The Labute approximate surface area is 216 Å². The van der Waals surface area contributed by atoms with E-state index in [4.69, 9.17) is 16.6 Å². The molecule has 15 heteroatoms. The highest BCUT2D eigenvalue weighted by Crippen LogP contribution is 2.29. The van der Waals surface area contributed by atoms with Gasteiger partial charge in [0, 0.05) is 43.6 Å². The van der Waals surface area contributed by atoms with Crippen LogP contribution >= 0.6 is 24.0 Å². The molecular weight excluding hydrogens is 485 g/mol. The summed E-state index contributed by atoms with van der Waals surface area (Å²) < 4.78 is 0. The lowest BCUT2D eigenvalue weighted by Gasteiger charge is -2.30. The molecule has 13 N–H and O–H groups in total. The molecule has 0 radical (unpaired) electrons. The number of hydrogen-bond acceptors (Lipinski definition) is 12. The minimum absolute atomic E-state index is 0. The molecule has 2 aliphatic rings. The lowest BCUT2D eigenvalue weighted by molar-refractivity contribution is -0.384. The van der Waals surface area contributed by atoms with Crippen LogP contribution in [0, 0.1) is 10.1 Å². The van der Waals surface area contributed by atoms with Crippen molar-refractivity contribution in [1.29, 1.82) is 0 Å². The van der Waals surface area contributed by atoms with E-state index < -0.39 is 4.92 Å². The van der Waals surface area contributed by atoms with E-state index in [0.717, 1.165) is 51.9 Å². The van der Waals surface area contributed by atoms with Gasteiger partial charge < -0.3 is 39.7 Å². The third-order valence-electron chi connectivity index (χ3n) is 5.29. The van der Waals surface area contributed by atoms with Crippen molar-refractivity contribution in [3.63, 3.8) is 0 Å². The Balaban J connectivity index is -0.000000284. The number of nitro groups is 1. The summed E-state index contributed by atoms with van der Waals surface area (Å²) in [4.78, 5) is 28.9. The zero-order chi connectivity index (χ0) is 20.2. The number of aromatic nitrogens is 3. The molecule has 34 heavy (non-hydrogen) atoms. The highest BCUT2D eigenvalue weighted by molar-refractivity contribution is 6.32. The van der Waals surface area contributed by atoms with Crippen molar-refractivity contribution < 1.29 is 10.6 Å². The highest BCUT2D eigenvalue weighted by atomic mass is 35.5. The average Bonchev–Trinajstić information content (AvgIpc) is 2.74. The third kappa shape index (κ3) is 8.04. The van der Waals surface area contributed by atoms with E-state index in [2.05, 4.69) is 25.1 Å². The van der Waals surface area contributed by atoms with Crippen molar-refractivity contribution in [2.24, 2.45) is 0 Å². The summed E-state index contributed by atoms with van der Waals surface area (Å²) >= 11 is 6.05. The number of anilines is 4. The summed E-state index contributed by atoms with van der Waals surface area (Å²) in [7, 11) is 0. The molecular formula is C19H45Cl2N11O2. The Morgan fingerprint density at radius 3 is 1.74 bits per heavy atom. The van der Waals surface area contributed by atoms with Crippen LogP contribution in [-0.2, 0) is 0 Å². The number of nitrogens with one attached hydrogen (secondary N) is 1. The monoisotopic (exact) mass is 529 g/mol. The Bertz CT molecular complexity index is 877. The van der Waals surface area contributed by atoms with Gasteiger partial charge in [0.05, 0.1) is 4.92 Å². The molecule has 0 atom stereocenters. The van der Waals surface area contributed by atoms with Crippen LogP contribution in [0.4, 0.5) is 29.2 Å². The number of nitro benzene ring substituents is 1. The Kier molecular flexibility index (Phi) is 15.2. The molecule has 2 saturated heterocycles. The summed E-state index contributed by atoms with van der Waals surface area (Å²) in [6, 6.07) is 4.50. The smallest absolute Gasteiger partial charge is 0.288 e. The van der Waals surface area contributed by atoms with Crippen molar-refractivity contribution in [3.05, 3.63) is 33.3 Å². The lowest BCUT2D eigenvalue weighted by Crippen LogP contribution is -2.34. The average molecular weight is 531 g/mol. The van der Waals surface area contributed by atoms with Gasteiger partial charge in [-0.2, -0.15) is 15.0 Å². The number of rotatable bonds is 5. The van der Waals surface area contributed by atoms with E-state index >= 15 is 0 Å². The second kappa shape index (κ2) is 15.4. The standard InChI is InChI=1S/C19H24ClN7O2.ClH.4H3N.4H2/c20-15-13-14(7-8-16(15)27(28)29)21-17-22-18(25-9-3-1-4-10-25)24-19(23-17)26-11-5-2-6-12-26;;;;;;;;;/h7-8,13H,1-6,9-12H2,(H,21,22,23,24);1H;4*1H3;4*1H. The normalized spacial score (nSPS) is 14.7. The van der Waals surface area contributed by atoms with Crippen LogP contribution in [0.1, 0.15) is 44.2 Å². The van der Waals surface area contributed by atoms with Crippen LogP contribution < -0.4 is 39.7 Å². The topological polar surface area (TPSA) is 240 Å². The van der Waals surface area contributed by atoms with Crippen molar-refractivity contribution in [3.8, 4) is 0 Å².